The zero-order valence-corrected chi connectivity index (χ0v) is 19.6. The van der Waals surface area contributed by atoms with Crippen LogP contribution in [-0.2, 0) is 10.4 Å². The maximum Gasteiger partial charge on any atom is 0.252 e. The van der Waals surface area contributed by atoms with Gasteiger partial charge < -0.3 is 20.7 Å². The summed E-state index contributed by atoms with van der Waals surface area (Å²) < 4.78 is 72.1. The van der Waals surface area contributed by atoms with E-state index < -0.39 is 70.7 Å². The summed E-state index contributed by atoms with van der Waals surface area (Å²) in [5.41, 5.74) is 2.15. The Hall–Kier alpha value is -3.05. The van der Waals surface area contributed by atoms with Crippen LogP contribution in [0.5, 0.6) is 0 Å². The van der Waals surface area contributed by atoms with E-state index in [2.05, 4.69) is 9.97 Å². The van der Waals surface area contributed by atoms with Gasteiger partial charge in [0.15, 0.2) is 5.82 Å². The highest BCUT2D eigenvalue weighted by molar-refractivity contribution is 5.93. The molecule has 192 valence electrons. The summed E-state index contributed by atoms with van der Waals surface area (Å²) in [6.45, 7) is 2.82. The van der Waals surface area contributed by atoms with E-state index in [9.17, 15) is 23.1 Å². The number of carbonyl (C=O) groups excluding carboxylic acids is 1. The number of carbonyl (C=O) groups is 1. The highest BCUT2D eigenvalue weighted by Gasteiger charge is 2.61. The van der Waals surface area contributed by atoms with Crippen LogP contribution in [0.3, 0.4) is 0 Å². The number of piperidine rings is 1. The Morgan fingerprint density at radius 3 is 2.25 bits per heavy atom. The number of nitrogens with one attached hydrogen (secondary N) is 1. The van der Waals surface area contributed by atoms with Gasteiger partial charge in [0.1, 0.15) is 28.4 Å². The SMILES string of the molecule is C[C@@H]1CN(C(=O)C2(N)CC(F)(F)C2)C[C@H](C)C1(O)c1c(F)cc(-c2ccnc3[nH]cc(F)c23)cc1F. The molecular formula is C25H25F5N4O2. The zero-order valence-electron chi connectivity index (χ0n) is 19.6. The van der Waals surface area contributed by atoms with Crippen LogP contribution in [0.4, 0.5) is 22.0 Å². The molecule has 0 spiro atoms. The standard InChI is InChI=1S/C25H25F5N4O2/c1-12-8-34(22(35)23(31)10-24(29,30)11-23)9-13(2)25(12,36)20-16(26)5-14(6-17(20)27)15-3-4-32-21-19(15)18(28)7-33-21/h3-7,12-13,36H,8-11,31H2,1-2H3,(H,32,33)/t12-,13+,25?. The van der Waals surface area contributed by atoms with Gasteiger partial charge in [-0.2, -0.15) is 0 Å². The summed E-state index contributed by atoms with van der Waals surface area (Å²) in [5, 5.41) is 11.7. The first-order chi connectivity index (χ1) is 16.8. The Balaban J connectivity index is 1.47. The molecule has 1 unspecified atom stereocenters. The highest BCUT2D eigenvalue weighted by Crippen LogP contribution is 2.48. The number of halogens is 5. The van der Waals surface area contributed by atoms with Crippen LogP contribution in [-0.4, -0.2) is 50.4 Å². The highest BCUT2D eigenvalue weighted by atomic mass is 19.3. The topological polar surface area (TPSA) is 95.2 Å². The molecule has 6 nitrogen and oxygen atoms in total. The molecule has 1 aromatic carbocycles. The number of nitrogens with zero attached hydrogens (tertiary/aromatic N) is 2. The quantitative estimate of drug-likeness (QED) is 0.465. The third-order valence-electron chi connectivity index (χ3n) is 7.63. The van der Waals surface area contributed by atoms with Gasteiger partial charge in [0.2, 0.25) is 5.91 Å². The second kappa shape index (κ2) is 7.97. The number of hydrogen-bond donors (Lipinski definition) is 3. The number of aromatic amines is 1. The predicted octanol–water partition coefficient (Wildman–Crippen LogP) is 4.08. The van der Waals surface area contributed by atoms with Gasteiger partial charge in [-0.1, -0.05) is 13.8 Å². The van der Waals surface area contributed by atoms with E-state index in [0.717, 1.165) is 18.3 Å². The molecule has 3 atom stereocenters. The molecule has 0 bridgehead atoms. The zero-order chi connectivity index (χ0) is 26.2. The lowest BCUT2D eigenvalue weighted by Gasteiger charge is -2.51. The van der Waals surface area contributed by atoms with Crippen LogP contribution < -0.4 is 5.73 Å². The van der Waals surface area contributed by atoms with Gasteiger partial charge in [-0.25, -0.2) is 26.9 Å². The number of pyridine rings is 1. The van der Waals surface area contributed by atoms with Crippen molar-refractivity contribution < 1.29 is 31.9 Å². The van der Waals surface area contributed by atoms with Crippen molar-refractivity contribution in [1.82, 2.24) is 14.9 Å². The molecule has 36 heavy (non-hydrogen) atoms. The summed E-state index contributed by atoms with van der Waals surface area (Å²) in [6, 6.07) is 3.49. The number of likely N-dealkylation sites (tertiary alicyclic amines) is 1. The second-order valence-electron chi connectivity index (χ2n) is 10.2. The van der Waals surface area contributed by atoms with Gasteiger partial charge in [-0.05, 0) is 29.3 Å². The molecule has 11 heteroatoms. The number of nitrogens with two attached hydrogens (primary N) is 1. The first-order valence-electron chi connectivity index (χ1n) is 11.6. The first-order valence-corrected chi connectivity index (χ1v) is 11.6. The lowest BCUT2D eigenvalue weighted by molar-refractivity contribution is -0.176. The summed E-state index contributed by atoms with van der Waals surface area (Å²) >= 11 is 0. The van der Waals surface area contributed by atoms with Crippen molar-refractivity contribution in [3.63, 3.8) is 0 Å². The van der Waals surface area contributed by atoms with Gasteiger partial charge in [0.25, 0.3) is 5.92 Å². The van der Waals surface area contributed by atoms with Crippen molar-refractivity contribution in [3.8, 4) is 11.1 Å². The number of alkyl halides is 2. The molecule has 3 aromatic rings. The molecule has 1 amide bonds. The van der Waals surface area contributed by atoms with Crippen molar-refractivity contribution in [1.29, 1.82) is 0 Å². The number of hydrogen-bond acceptors (Lipinski definition) is 4. The average Bonchev–Trinajstić information content (AvgIpc) is 3.16. The van der Waals surface area contributed by atoms with E-state index in [1.807, 2.05) is 0 Å². The fourth-order valence-corrected chi connectivity index (χ4v) is 5.86. The van der Waals surface area contributed by atoms with Gasteiger partial charge in [0.05, 0.1) is 10.9 Å². The fraction of sp³-hybridized carbons (Fsp3) is 0.440. The molecule has 0 radical (unpaired) electrons. The molecule has 1 aliphatic heterocycles. The van der Waals surface area contributed by atoms with Crippen molar-refractivity contribution in [2.45, 2.75) is 43.8 Å². The summed E-state index contributed by atoms with van der Waals surface area (Å²) in [7, 11) is 0. The van der Waals surface area contributed by atoms with Crippen molar-refractivity contribution in [3.05, 3.63) is 53.6 Å². The minimum atomic E-state index is -3.00. The Bertz CT molecular complexity index is 1330. The molecule has 2 fully saturated rings. The van der Waals surface area contributed by atoms with Crippen LogP contribution in [0.15, 0.2) is 30.6 Å². The van der Waals surface area contributed by atoms with E-state index >= 15 is 8.78 Å². The number of aliphatic hydroxyl groups is 1. The lowest BCUT2D eigenvalue weighted by atomic mass is 9.68. The maximum absolute atomic E-state index is 15.5. The van der Waals surface area contributed by atoms with Gasteiger partial charge in [0, 0.05) is 50.2 Å². The molecule has 4 N–H and O–H groups in total. The monoisotopic (exact) mass is 508 g/mol. The van der Waals surface area contributed by atoms with Crippen molar-refractivity contribution in [2.75, 3.05) is 13.1 Å². The number of H-pyrrole nitrogens is 1. The number of aromatic nitrogens is 2. The van der Waals surface area contributed by atoms with E-state index in [1.165, 1.54) is 31.0 Å². The molecular weight excluding hydrogens is 483 g/mol. The van der Waals surface area contributed by atoms with Gasteiger partial charge >= 0.3 is 0 Å². The molecule has 1 saturated heterocycles. The maximum atomic E-state index is 15.5. The van der Waals surface area contributed by atoms with E-state index in [0.29, 0.717) is 0 Å². The minimum Gasteiger partial charge on any atom is -0.384 e. The Kier molecular flexibility index (Phi) is 5.46. The summed E-state index contributed by atoms with van der Waals surface area (Å²) in [5.74, 6) is -8.05. The largest absolute Gasteiger partial charge is 0.384 e. The molecule has 3 heterocycles. The molecule has 2 aliphatic rings. The van der Waals surface area contributed by atoms with Crippen LogP contribution >= 0.6 is 0 Å². The van der Waals surface area contributed by atoms with Crippen LogP contribution in [0, 0.1) is 29.3 Å². The van der Waals surface area contributed by atoms with Crippen molar-refractivity contribution >= 4 is 16.9 Å². The Morgan fingerprint density at radius 1 is 1.11 bits per heavy atom. The number of rotatable bonds is 3. The third kappa shape index (κ3) is 3.59. The van der Waals surface area contributed by atoms with Crippen molar-refractivity contribution in [2.24, 2.45) is 17.6 Å². The molecule has 2 aromatic heterocycles. The Morgan fingerprint density at radius 2 is 1.69 bits per heavy atom. The number of fused-ring (bicyclic) bond motifs is 1. The normalized spacial score (nSPS) is 27.2. The van der Waals surface area contributed by atoms with Gasteiger partial charge in [-0.3, -0.25) is 4.79 Å². The fourth-order valence-electron chi connectivity index (χ4n) is 5.86. The van der Waals surface area contributed by atoms with Crippen LogP contribution in [0.25, 0.3) is 22.2 Å². The molecule has 5 rings (SSSR count). The predicted molar refractivity (Wildman–Crippen MR) is 121 cm³/mol. The van der Waals surface area contributed by atoms with Gasteiger partial charge in [-0.15, -0.1) is 0 Å². The number of benzene rings is 1. The smallest absolute Gasteiger partial charge is 0.252 e. The lowest BCUT2D eigenvalue weighted by Crippen LogP contribution is -2.69. The summed E-state index contributed by atoms with van der Waals surface area (Å²) in [4.78, 5) is 20.8. The Labute approximate surface area is 203 Å². The third-order valence-corrected chi connectivity index (χ3v) is 7.63. The average molecular weight is 508 g/mol. The number of amides is 1. The second-order valence-corrected chi connectivity index (χ2v) is 10.2. The molecule has 1 aliphatic carbocycles. The van der Waals surface area contributed by atoms with Crippen LogP contribution in [0.2, 0.25) is 0 Å². The van der Waals surface area contributed by atoms with E-state index in [4.69, 9.17) is 5.73 Å². The molecule has 1 saturated carbocycles. The van der Waals surface area contributed by atoms with E-state index in [-0.39, 0.29) is 35.2 Å². The van der Waals surface area contributed by atoms with Crippen LogP contribution in [0.1, 0.15) is 32.3 Å². The summed E-state index contributed by atoms with van der Waals surface area (Å²) in [6.07, 6.45) is 0.942. The minimum absolute atomic E-state index is 0.0622. The van der Waals surface area contributed by atoms with E-state index in [1.54, 1.807) is 0 Å². The first kappa shape index (κ1) is 24.6.